The van der Waals surface area contributed by atoms with E-state index in [-0.39, 0.29) is 11.8 Å². The van der Waals surface area contributed by atoms with Crippen molar-refractivity contribution >= 4 is 5.91 Å². The van der Waals surface area contributed by atoms with Crippen LogP contribution in [0.5, 0.6) is 0 Å². The van der Waals surface area contributed by atoms with E-state index in [0.717, 1.165) is 24.5 Å². The number of aromatic nitrogens is 5. The zero-order valence-electron chi connectivity index (χ0n) is 15.1. The van der Waals surface area contributed by atoms with Crippen molar-refractivity contribution < 1.29 is 9.18 Å². The first-order valence-electron chi connectivity index (χ1n) is 9.02. The third kappa shape index (κ3) is 3.60. The normalized spacial score (nSPS) is 17.3. The molecule has 0 aliphatic carbocycles. The van der Waals surface area contributed by atoms with E-state index in [2.05, 4.69) is 15.3 Å². The largest absolute Gasteiger partial charge is 0.338 e. The number of carbonyl (C=O) groups excluding carboxylic acids is 1. The summed E-state index contributed by atoms with van der Waals surface area (Å²) in [5.74, 6) is 1.26. The van der Waals surface area contributed by atoms with Gasteiger partial charge in [0.15, 0.2) is 5.82 Å². The second kappa shape index (κ2) is 7.30. The van der Waals surface area contributed by atoms with Crippen LogP contribution in [-0.4, -0.2) is 48.4 Å². The van der Waals surface area contributed by atoms with E-state index in [1.807, 2.05) is 23.9 Å². The first-order chi connectivity index (χ1) is 13.1. The molecule has 1 aliphatic rings. The zero-order valence-corrected chi connectivity index (χ0v) is 15.1. The highest BCUT2D eigenvalue weighted by Gasteiger charge is 2.29. The molecule has 1 aromatic carbocycles. The average molecular weight is 368 g/mol. The van der Waals surface area contributed by atoms with E-state index in [1.165, 1.54) is 12.1 Å². The van der Waals surface area contributed by atoms with Crippen molar-refractivity contribution in [1.82, 2.24) is 29.4 Å². The van der Waals surface area contributed by atoms with Gasteiger partial charge in [0.25, 0.3) is 5.91 Å². The van der Waals surface area contributed by atoms with Crippen LogP contribution in [0.1, 0.15) is 40.8 Å². The van der Waals surface area contributed by atoms with Gasteiger partial charge < -0.3 is 9.47 Å². The molecular formula is C19H21FN6O. The van der Waals surface area contributed by atoms with Crippen molar-refractivity contribution in [2.75, 3.05) is 13.1 Å². The van der Waals surface area contributed by atoms with Gasteiger partial charge in [0.2, 0.25) is 0 Å². The number of hydrogen-bond acceptors (Lipinski definition) is 4. The lowest BCUT2D eigenvalue weighted by molar-refractivity contribution is 0.0703. The summed E-state index contributed by atoms with van der Waals surface area (Å²) in [5, 5.41) is 12.9. The number of nitrogens with zero attached hydrogens (tertiary/aromatic N) is 6. The average Bonchev–Trinajstić information content (AvgIpc) is 3.32. The summed E-state index contributed by atoms with van der Waals surface area (Å²) < 4.78 is 17.2. The number of rotatable bonds is 4. The second-order valence-electron chi connectivity index (χ2n) is 6.84. The number of amides is 1. The smallest absolute Gasteiger partial charge is 0.253 e. The Kier molecular flexibility index (Phi) is 4.70. The van der Waals surface area contributed by atoms with Gasteiger partial charge in [-0.3, -0.25) is 9.48 Å². The monoisotopic (exact) mass is 368 g/mol. The second-order valence-corrected chi connectivity index (χ2v) is 6.84. The van der Waals surface area contributed by atoms with Crippen molar-refractivity contribution in [1.29, 1.82) is 0 Å². The Morgan fingerprint density at radius 3 is 2.96 bits per heavy atom. The Balaban J connectivity index is 1.50. The van der Waals surface area contributed by atoms with E-state index in [0.29, 0.717) is 25.2 Å². The quantitative estimate of drug-likeness (QED) is 0.708. The molecule has 0 radical (unpaired) electrons. The Bertz CT molecular complexity index is 936. The topological polar surface area (TPSA) is 68.8 Å². The molecule has 0 spiro atoms. The van der Waals surface area contributed by atoms with Crippen molar-refractivity contribution in [2.45, 2.75) is 25.3 Å². The number of halogens is 1. The summed E-state index contributed by atoms with van der Waals surface area (Å²) in [6, 6.07) is 7.72. The summed E-state index contributed by atoms with van der Waals surface area (Å²) in [4.78, 5) is 14.5. The summed E-state index contributed by atoms with van der Waals surface area (Å²) in [7, 11) is 1.95. The molecule has 4 rings (SSSR count). The number of hydrogen-bond donors (Lipinski definition) is 0. The molecule has 0 bridgehead atoms. The molecule has 2 aromatic heterocycles. The lowest BCUT2D eigenvalue weighted by Gasteiger charge is -2.32. The summed E-state index contributed by atoms with van der Waals surface area (Å²) in [6.45, 7) is 1.78. The standard InChI is InChI=1S/C19H21FN6O/c1-24-17(13-26-10-4-8-21-26)22-23-18(24)15-6-3-9-25(12-15)19(27)14-5-2-7-16(20)11-14/h2,4-5,7-8,10-11,15H,3,6,9,12-13H2,1H3. The molecule has 1 fully saturated rings. The molecule has 3 heterocycles. The molecule has 7 nitrogen and oxygen atoms in total. The molecule has 0 saturated carbocycles. The number of benzene rings is 1. The van der Waals surface area contributed by atoms with E-state index >= 15 is 0 Å². The molecule has 0 N–H and O–H groups in total. The highest BCUT2D eigenvalue weighted by atomic mass is 19.1. The number of carbonyl (C=O) groups is 1. The number of likely N-dealkylation sites (tertiary alicyclic amines) is 1. The fourth-order valence-corrected chi connectivity index (χ4v) is 3.58. The van der Waals surface area contributed by atoms with Crippen molar-refractivity contribution in [3.63, 3.8) is 0 Å². The predicted octanol–water partition coefficient (Wildman–Crippen LogP) is 2.22. The van der Waals surface area contributed by atoms with E-state index in [9.17, 15) is 9.18 Å². The Hall–Kier alpha value is -3.03. The molecule has 1 atom stereocenters. The number of piperidine rings is 1. The molecular weight excluding hydrogens is 347 g/mol. The fourth-order valence-electron chi connectivity index (χ4n) is 3.58. The maximum absolute atomic E-state index is 13.4. The van der Waals surface area contributed by atoms with Crippen LogP contribution in [0.2, 0.25) is 0 Å². The SMILES string of the molecule is Cn1c(Cn2cccn2)nnc1C1CCCN(C(=O)c2cccc(F)c2)C1. The zero-order chi connectivity index (χ0) is 18.8. The molecule has 27 heavy (non-hydrogen) atoms. The van der Waals surface area contributed by atoms with Gasteiger partial charge in [-0.05, 0) is 37.1 Å². The van der Waals surface area contributed by atoms with Crippen LogP contribution in [0.25, 0.3) is 0 Å². The molecule has 1 saturated heterocycles. The van der Waals surface area contributed by atoms with E-state index < -0.39 is 5.82 Å². The molecule has 1 amide bonds. The van der Waals surface area contributed by atoms with Crippen LogP contribution in [0, 0.1) is 5.82 Å². The molecule has 8 heteroatoms. The lowest BCUT2D eigenvalue weighted by atomic mass is 9.96. The summed E-state index contributed by atoms with van der Waals surface area (Å²) >= 11 is 0. The third-order valence-electron chi connectivity index (χ3n) is 5.01. The van der Waals surface area contributed by atoms with Gasteiger partial charge in [0.1, 0.15) is 18.2 Å². The molecule has 1 aliphatic heterocycles. The highest BCUT2D eigenvalue weighted by Crippen LogP contribution is 2.27. The van der Waals surface area contributed by atoms with Crippen LogP contribution >= 0.6 is 0 Å². The minimum absolute atomic E-state index is 0.111. The summed E-state index contributed by atoms with van der Waals surface area (Å²) in [5.41, 5.74) is 0.382. The highest BCUT2D eigenvalue weighted by molar-refractivity contribution is 5.94. The minimum Gasteiger partial charge on any atom is -0.338 e. The Labute approximate surface area is 156 Å². The van der Waals surface area contributed by atoms with Crippen LogP contribution in [0.15, 0.2) is 42.7 Å². The minimum atomic E-state index is -0.397. The van der Waals surface area contributed by atoms with Crippen molar-refractivity contribution in [3.05, 3.63) is 65.8 Å². The van der Waals surface area contributed by atoms with Gasteiger partial charge in [0.05, 0.1) is 0 Å². The van der Waals surface area contributed by atoms with Gasteiger partial charge in [-0.15, -0.1) is 10.2 Å². The molecule has 3 aromatic rings. The van der Waals surface area contributed by atoms with Crippen LogP contribution in [0.3, 0.4) is 0 Å². The van der Waals surface area contributed by atoms with Crippen LogP contribution < -0.4 is 0 Å². The third-order valence-corrected chi connectivity index (χ3v) is 5.01. The van der Waals surface area contributed by atoms with Crippen molar-refractivity contribution in [2.24, 2.45) is 7.05 Å². The lowest BCUT2D eigenvalue weighted by Crippen LogP contribution is -2.39. The van der Waals surface area contributed by atoms with E-state index in [4.69, 9.17) is 0 Å². The molecule has 140 valence electrons. The molecule has 1 unspecified atom stereocenters. The maximum atomic E-state index is 13.4. The van der Waals surface area contributed by atoms with Gasteiger partial charge in [-0.1, -0.05) is 6.07 Å². The first kappa shape index (κ1) is 17.4. The Morgan fingerprint density at radius 2 is 2.19 bits per heavy atom. The van der Waals surface area contributed by atoms with Gasteiger partial charge in [-0.2, -0.15) is 5.10 Å². The first-order valence-corrected chi connectivity index (χ1v) is 9.02. The van der Waals surface area contributed by atoms with Crippen LogP contribution in [0.4, 0.5) is 4.39 Å². The van der Waals surface area contributed by atoms with Gasteiger partial charge >= 0.3 is 0 Å². The van der Waals surface area contributed by atoms with E-state index in [1.54, 1.807) is 27.9 Å². The van der Waals surface area contributed by atoms with Gasteiger partial charge in [-0.25, -0.2) is 4.39 Å². The van der Waals surface area contributed by atoms with Gasteiger partial charge in [0, 0.05) is 44.0 Å². The summed E-state index contributed by atoms with van der Waals surface area (Å²) in [6.07, 6.45) is 5.44. The van der Waals surface area contributed by atoms with Crippen molar-refractivity contribution in [3.8, 4) is 0 Å². The predicted molar refractivity (Wildman–Crippen MR) is 96.6 cm³/mol. The fraction of sp³-hybridized carbons (Fsp3) is 0.368. The van der Waals surface area contributed by atoms with Crippen LogP contribution in [-0.2, 0) is 13.6 Å². The maximum Gasteiger partial charge on any atom is 0.253 e. The Morgan fingerprint density at radius 1 is 1.30 bits per heavy atom.